The van der Waals surface area contributed by atoms with Gasteiger partial charge in [-0.15, -0.1) is 5.10 Å². The van der Waals surface area contributed by atoms with E-state index in [1.54, 1.807) is 15.6 Å². The number of hydrogen-bond donors (Lipinski definition) is 2. The van der Waals surface area contributed by atoms with Crippen LogP contribution >= 0.6 is 11.6 Å². The number of aromatic nitrogens is 4. The number of fused-ring (bicyclic) bond motifs is 1. The summed E-state index contributed by atoms with van der Waals surface area (Å²) in [6.07, 6.45) is 3.02. The maximum Gasteiger partial charge on any atom is 0.322 e. The summed E-state index contributed by atoms with van der Waals surface area (Å²) in [6.45, 7) is 1.22. The third kappa shape index (κ3) is 2.81. The van der Waals surface area contributed by atoms with Crippen LogP contribution in [0.3, 0.4) is 0 Å². The highest BCUT2D eigenvalue weighted by atomic mass is 35.5. The summed E-state index contributed by atoms with van der Waals surface area (Å²) in [4.78, 5) is 17.8. The first-order valence-electron chi connectivity index (χ1n) is 6.36. The van der Waals surface area contributed by atoms with Gasteiger partial charge in [0, 0.05) is 12.7 Å². The number of hydrogen-bond acceptors (Lipinski definition) is 5. The number of aliphatic hydroxyl groups excluding tert-OH is 1. The summed E-state index contributed by atoms with van der Waals surface area (Å²) in [5.41, 5.74) is 1.78. The standard InChI is InChI=1S/C12H13ClN6O2/c13-8-3-9(5-14-4-8)15-12(21)18-1-2-19-11(6-18)10(7-20)16-17-19/h3-5,20H,1-2,6-7H2,(H,15,21). The van der Waals surface area contributed by atoms with E-state index >= 15 is 0 Å². The second-order valence-corrected chi connectivity index (χ2v) is 5.04. The number of halogens is 1. The molecular formula is C12H13ClN6O2. The lowest BCUT2D eigenvalue weighted by Crippen LogP contribution is -2.41. The highest BCUT2D eigenvalue weighted by Gasteiger charge is 2.24. The van der Waals surface area contributed by atoms with Crippen LogP contribution in [0.1, 0.15) is 11.4 Å². The summed E-state index contributed by atoms with van der Waals surface area (Å²) in [5, 5.41) is 20.2. The molecule has 0 bridgehead atoms. The Balaban J connectivity index is 1.72. The second-order valence-electron chi connectivity index (χ2n) is 4.61. The lowest BCUT2D eigenvalue weighted by molar-refractivity contribution is 0.193. The largest absolute Gasteiger partial charge is 0.390 e. The van der Waals surface area contributed by atoms with Crippen LogP contribution in [0.25, 0.3) is 0 Å². The van der Waals surface area contributed by atoms with Crippen molar-refractivity contribution >= 4 is 23.3 Å². The number of pyridine rings is 1. The van der Waals surface area contributed by atoms with Crippen LogP contribution in [0.4, 0.5) is 10.5 Å². The first-order valence-corrected chi connectivity index (χ1v) is 6.74. The van der Waals surface area contributed by atoms with E-state index in [0.29, 0.717) is 36.0 Å². The van der Waals surface area contributed by atoms with Crippen LogP contribution in [0.5, 0.6) is 0 Å². The lowest BCUT2D eigenvalue weighted by atomic mass is 10.2. The average molecular weight is 309 g/mol. The molecule has 0 unspecified atom stereocenters. The Morgan fingerprint density at radius 1 is 1.43 bits per heavy atom. The monoisotopic (exact) mass is 308 g/mol. The first-order chi connectivity index (χ1) is 10.2. The van der Waals surface area contributed by atoms with Crippen LogP contribution in [0.2, 0.25) is 5.02 Å². The lowest BCUT2D eigenvalue weighted by Gasteiger charge is -2.27. The van der Waals surface area contributed by atoms with Crippen molar-refractivity contribution in [3.05, 3.63) is 34.9 Å². The van der Waals surface area contributed by atoms with Gasteiger partial charge in [-0.1, -0.05) is 16.8 Å². The second kappa shape index (κ2) is 5.66. The van der Waals surface area contributed by atoms with Crippen LogP contribution < -0.4 is 5.32 Å². The Morgan fingerprint density at radius 3 is 3.05 bits per heavy atom. The van der Waals surface area contributed by atoms with Crippen molar-refractivity contribution < 1.29 is 9.90 Å². The van der Waals surface area contributed by atoms with Gasteiger partial charge in [-0.25, -0.2) is 9.48 Å². The van der Waals surface area contributed by atoms with Gasteiger partial charge < -0.3 is 15.3 Å². The molecule has 0 spiro atoms. The van der Waals surface area contributed by atoms with Crippen LogP contribution in [0, 0.1) is 0 Å². The van der Waals surface area contributed by atoms with Gasteiger partial charge >= 0.3 is 6.03 Å². The number of nitrogens with zero attached hydrogens (tertiary/aromatic N) is 5. The number of rotatable bonds is 2. The summed E-state index contributed by atoms with van der Waals surface area (Å²) in [6, 6.07) is 1.37. The molecule has 9 heteroatoms. The predicted molar refractivity (Wildman–Crippen MR) is 74.6 cm³/mol. The molecule has 0 fully saturated rings. The Bertz CT molecular complexity index is 660. The van der Waals surface area contributed by atoms with Gasteiger partial charge in [-0.3, -0.25) is 4.98 Å². The van der Waals surface area contributed by atoms with Crippen molar-refractivity contribution in [2.45, 2.75) is 19.7 Å². The van der Waals surface area contributed by atoms with E-state index in [4.69, 9.17) is 11.6 Å². The molecule has 1 aliphatic rings. The minimum absolute atomic E-state index is 0.191. The fourth-order valence-corrected chi connectivity index (χ4v) is 2.35. The van der Waals surface area contributed by atoms with E-state index in [1.807, 2.05) is 0 Å². The van der Waals surface area contributed by atoms with Crippen molar-refractivity contribution in [2.24, 2.45) is 0 Å². The van der Waals surface area contributed by atoms with Crippen molar-refractivity contribution in [2.75, 3.05) is 11.9 Å². The fraction of sp³-hybridized carbons (Fsp3) is 0.333. The molecule has 3 heterocycles. The van der Waals surface area contributed by atoms with Crippen LogP contribution in [0.15, 0.2) is 18.5 Å². The molecule has 2 aromatic heterocycles. The molecule has 1 aliphatic heterocycles. The van der Waals surface area contributed by atoms with Crippen LogP contribution in [-0.2, 0) is 19.7 Å². The zero-order valence-electron chi connectivity index (χ0n) is 11.0. The Hall–Kier alpha value is -2.19. The number of urea groups is 1. The summed E-state index contributed by atoms with van der Waals surface area (Å²) >= 11 is 5.83. The SMILES string of the molecule is O=C(Nc1cncc(Cl)c1)N1CCn2nnc(CO)c2C1. The number of carbonyl (C=O) groups is 1. The molecule has 0 radical (unpaired) electrons. The van der Waals surface area contributed by atoms with Gasteiger partial charge in [-0.2, -0.15) is 0 Å². The molecule has 110 valence electrons. The minimum Gasteiger partial charge on any atom is -0.390 e. The molecule has 0 aliphatic carbocycles. The number of nitrogens with one attached hydrogen (secondary N) is 1. The molecule has 2 amide bonds. The zero-order valence-corrected chi connectivity index (χ0v) is 11.8. The molecule has 0 saturated carbocycles. The third-order valence-corrected chi connectivity index (χ3v) is 3.44. The van der Waals surface area contributed by atoms with E-state index in [0.717, 1.165) is 5.69 Å². The van der Waals surface area contributed by atoms with E-state index in [2.05, 4.69) is 20.6 Å². The smallest absolute Gasteiger partial charge is 0.322 e. The molecule has 0 saturated heterocycles. The topological polar surface area (TPSA) is 96.2 Å². The number of aliphatic hydroxyl groups is 1. The number of anilines is 1. The zero-order chi connectivity index (χ0) is 14.8. The normalized spacial score (nSPS) is 13.9. The van der Waals surface area contributed by atoms with Gasteiger partial charge in [0.15, 0.2) is 0 Å². The van der Waals surface area contributed by atoms with E-state index < -0.39 is 0 Å². The minimum atomic E-state index is -0.254. The molecule has 2 aromatic rings. The molecule has 21 heavy (non-hydrogen) atoms. The van der Waals surface area contributed by atoms with Crippen LogP contribution in [-0.4, -0.2) is 42.6 Å². The van der Waals surface area contributed by atoms with E-state index in [1.165, 1.54) is 12.4 Å². The Kier molecular flexibility index (Phi) is 3.72. The van der Waals surface area contributed by atoms with Crippen molar-refractivity contribution in [3.8, 4) is 0 Å². The number of amides is 2. The maximum atomic E-state index is 12.2. The summed E-state index contributed by atoms with van der Waals surface area (Å²) in [5.74, 6) is 0. The van der Waals surface area contributed by atoms with E-state index in [9.17, 15) is 9.90 Å². The van der Waals surface area contributed by atoms with Crippen molar-refractivity contribution in [1.82, 2.24) is 24.9 Å². The van der Waals surface area contributed by atoms with Gasteiger partial charge in [0.2, 0.25) is 0 Å². The highest BCUT2D eigenvalue weighted by molar-refractivity contribution is 6.30. The van der Waals surface area contributed by atoms with Gasteiger partial charge in [-0.05, 0) is 6.07 Å². The number of carbonyl (C=O) groups excluding carboxylic acids is 1. The van der Waals surface area contributed by atoms with E-state index in [-0.39, 0.29) is 12.6 Å². The van der Waals surface area contributed by atoms with Gasteiger partial charge in [0.05, 0.1) is 42.3 Å². The predicted octanol–water partition coefficient (Wildman–Crippen LogP) is 0.866. The van der Waals surface area contributed by atoms with Crippen molar-refractivity contribution in [1.29, 1.82) is 0 Å². The Labute approximate surface area is 125 Å². The molecule has 0 aromatic carbocycles. The molecule has 3 rings (SSSR count). The first kappa shape index (κ1) is 13.8. The molecule has 8 nitrogen and oxygen atoms in total. The molecular weight excluding hydrogens is 296 g/mol. The fourth-order valence-electron chi connectivity index (χ4n) is 2.18. The summed E-state index contributed by atoms with van der Waals surface area (Å²) in [7, 11) is 0. The van der Waals surface area contributed by atoms with Crippen molar-refractivity contribution in [3.63, 3.8) is 0 Å². The average Bonchev–Trinajstić information content (AvgIpc) is 2.89. The maximum absolute atomic E-state index is 12.2. The highest BCUT2D eigenvalue weighted by Crippen LogP contribution is 2.17. The molecule has 2 N–H and O–H groups in total. The third-order valence-electron chi connectivity index (χ3n) is 3.23. The quantitative estimate of drug-likeness (QED) is 0.858. The molecule has 0 atom stereocenters. The van der Waals surface area contributed by atoms with Gasteiger partial charge in [0.1, 0.15) is 5.69 Å². The summed E-state index contributed by atoms with van der Waals surface area (Å²) < 4.78 is 1.70. The Morgan fingerprint density at radius 2 is 2.29 bits per heavy atom. The van der Waals surface area contributed by atoms with Gasteiger partial charge in [0.25, 0.3) is 0 Å².